The minimum Gasteiger partial charge on any atom is -0.376 e. The molecule has 2 N–H and O–H groups in total. The Morgan fingerprint density at radius 1 is 1.23 bits per heavy atom. The number of ether oxygens (including phenoxy) is 1. The second-order valence-corrected chi connectivity index (χ2v) is 10.7. The molecule has 0 saturated carbocycles. The number of rotatable bonds is 9. The Kier molecular flexibility index (Phi) is 13.3. The molecule has 1 aromatic carbocycles. The fraction of sp³-hybridized carbons (Fsp3) is 0.586. The van der Waals surface area contributed by atoms with Crippen molar-refractivity contribution in [3.05, 3.63) is 47.8 Å². The van der Waals surface area contributed by atoms with Crippen LogP contribution in [0.15, 0.2) is 46.5 Å². The van der Waals surface area contributed by atoms with Crippen LogP contribution in [0.3, 0.4) is 0 Å². The Balaban J connectivity index is 0.000000277. The van der Waals surface area contributed by atoms with Crippen LogP contribution in [0.2, 0.25) is 0 Å². The zero-order valence-electron chi connectivity index (χ0n) is 24.0. The summed E-state index contributed by atoms with van der Waals surface area (Å²) in [5.74, 6) is 1.73. The van der Waals surface area contributed by atoms with Crippen LogP contribution in [-0.4, -0.2) is 85.8 Å². The van der Waals surface area contributed by atoms with Gasteiger partial charge in [0.1, 0.15) is 24.3 Å². The van der Waals surface area contributed by atoms with Gasteiger partial charge >= 0.3 is 0 Å². The molecule has 1 saturated heterocycles. The molecular formula is C29H45FN6O3. The van der Waals surface area contributed by atoms with Crippen LogP contribution in [0, 0.1) is 5.82 Å². The van der Waals surface area contributed by atoms with Crippen LogP contribution in [0.1, 0.15) is 65.0 Å². The van der Waals surface area contributed by atoms with Crippen molar-refractivity contribution in [1.82, 2.24) is 20.5 Å². The van der Waals surface area contributed by atoms with Gasteiger partial charge in [0.05, 0.1) is 24.2 Å². The highest BCUT2D eigenvalue weighted by Crippen LogP contribution is 2.33. The lowest BCUT2D eigenvalue weighted by Gasteiger charge is -2.31. The molecule has 0 radical (unpaired) electrons. The highest BCUT2D eigenvalue weighted by molar-refractivity contribution is 6.06. The van der Waals surface area contributed by atoms with E-state index in [0.717, 1.165) is 69.0 Å². The molecule has 2 unspecified atom stereocenters. The number of hydrogen-bond donors (Lipinski definition) is 2. The van der Waals surface area contributed by atoms with Crippen LogP contribution >= 0.6 is 0 Å². The van der Waals surface area contributed by atoms with Crippen molar-refractivity contribution in [3.8, 4) is 0 Å². The standard InChI is InChI=1S/C17H19FN4.C11H24N2O2.CH2O/c1-12-11-19-16-7-8-17(20-22(12)16)21-9-3-6-15(21)13-4-2-5-14(18)10-13;1-11(2,3)15-8-6-10(13-9-14)5-7-12-4;1-2/h2,4-5,7-8,10,12,15H,3,6,9,11H2,1H3;9-10,12H,5-8H2,1-4H3,(H,13,14);1H2/t12?,15-;;/m1../s1. The summed E-state index contributed by atoms with van der Waals surface area (Å²) in [5.41, 5.74) is 0.928. The van der Waals surface area contributed by atoms with Crippen molar-refractivity contribution in [1.29, 1.82) is 0 Å². The van der Waals surface area contributed by atoms with Gasteiger partial charge in [0, 0.05) is 19.2 Å². The minimum absolute atomic E-state index is 0.102. The monoisotopic (exact) mass is 544 g/mol. The molecular weight excluding hydrogens is 499 g/mol. The van der Waals surface area contributed by atoms with E-state index in [4.69, 9.17) is 14.6 Å². The summed E-state index contributed by atoms with van der Waals surface area (Å²) >= 11 is 0. The fourth-order valence-electron chi connectivity index (χ4n) is 4.66. The number of amides is 1. The molecule has 3 aliphatic heterocycles. The number of hydrogen-bond acceptors (Lipinski definition) is 8. The Labute approximate surface area is 232 Å². The lowest BCUT2D eigenvalue weighted by molar-refractivity contribution is -0.110. The van der Waals surface area contributed by atoms with Gasteiger partial charge in [-0.1, -0.05) is 12.1 Å². The third-order valence-electron chi connectivity index (χ3n) is 6.59. The number of nitrogens with zero attached hydrogens (tertiary/aromatic N) is 4. The van der Waals surface area contributed by atoms with Crippen molar-refractivity contribution in [2.24, 2.45) is 10.1 Å². The van der Waals surface area contributed by atoms with E-state index >= 15 is 0 Å². The molecule has 1 amide bonds. The van der Waals surface area contributed by atoms with E-state index in [1.54, 1.807) is 12.1 Å². The molecule has 3 heterocycles. The second kappa shape index (κ2) is 16.1. The number of fused-ring (bicyclic) bond motifs is 1. The predicted octanol–water partition coefficient (Wildman–Crippen LogP) is 3.68. The molecule has 1 fully saturated rings. The summed E-state index contributed by atoms with van der Waals surface area (Å²) in [4.78, 5) is 25.1. The third kappa shape index (κ3) is 10.2. The van der Waals surface area contributed by atoms with E-state index < -0.39 is 0 Å². The molecule has 3 atom stereocenters. The van der Waals surface area contributed by atoms with Gasteiger partial charge in [-0.05, 0) is 96.8 Å². The van der Waals surface area contributed by atoms with E-state index in [-0.39, 0.29) is 23.5 Å². The summed E-state index contributed by atoms with van der Waals surface area (Å²) in [6, 6.07) is 7.65. The Morgan fingerprint density at radius 3 is 2.64 bits per heavy atom. The quantitative estimate of drug-likeness (QED) is 0.461. The molecule has 0 spiro atoms. The van der Waals surface area contributed by atoms with Gasteiger partial charge in [0.2, 0.25) is 6.41 Å². The molecule has 0 aromatic heterocycles. The number of likely N-dealkylation sites (tertiary alicyclic amines) is 1. The van der Waals surface area contributed by atoms with Gasteiger partial charge in [-0.15, -0.1) is 0 Å². The number of hydrazone groups is 1. The summed E-state index contributed by atoms with van der Waals surface area (Å²) in [6.45, 7) is 13.6. The topological polar surface area (TPSA) is 98.6 Å². The molecule has 216 valence electrons. The third-order valence-corrected chi connectivity index (χ3v) is 6.59. The van der Waals surface area contributed by atoms with Gasteiger partial charge in [-0.3, -0.25) is 9.79 Å². The molecule has 0 bridgehead atoms. The minimum atomic E-state index is -0.173. The number of amidine groups is 2. The SMILES string of the molecule is C=O.CC1CN=C2C=CC(N3CCC[C@@H]3c3cccc(F)c3)=NN21.CNCCC(CCOC(C)(C)C)NC=O. The Bertz CT molecular complexity index is 993. The molecule has 3 aliphatic rings. The van der Waals surface area contributed by atoms with Crippen LogP contribution in [0.5, 0.6) is 0 Å². The maximum Gasteiger partial charge on any atom is 0.207 e. The number of halogens is 1. The number of benzene rings is 1. The average Bonchev–Trinajstić information content (AvgIpc) is 3.55. The van der Waals surface area contributed by atoms with Gasteiger partial charge in [-0.2, -0.15) is 5.10 Å². The van der Waals surface area contributed by atoms with Crippen LogP contribution in [0.4, 0.5) is 4.39 Å². The van der Waals surface area contributed by atoms with E-state index in [9.17, 15) is 9.18 Å². The Hall–Kier alpha value is -3.11. The summed E-state index contributed by atoms with van der Waals surface area (Å²) < 4.78 is 19.1. The second-order valence-electron chi connectivity index (χ2n) is 10.7. The van der Waals surface area contributed by atoms with Gasteiger partial charge in [0.25, 0.3) is 0 Å². The van der Waals surface area contributed by atoms with Gasteiger partial charge < -0.3 is 25.1 Å². The van der Waals surface area contributed by atoms with E-state index in [0.29, 0.717) is 12.6 Å². The first-order chi connectivity index (χ1) is 18.7. The van der Waals surface area contributed by atoms with Crippen LogP contribution in [0.25, 0.3) is 0 Å². The number of aliphatic imine (C=N–C) groups is 1. The average molecular weight is 545 g/mol. The van der Waals surface area contributed by atoms with Crippen LogP contribution < -0.4 is 10.6 Å². The van der Waals surface area contributed by atoms with E-state index in [1.165, 1.54) is 6.07 Å². The van der Waals surface area contributed by atoms with Crippen molar-refractivity contribution >= 4 is 24.9 Å². The zero-order valence-corrected chi connectivity index (χ0v) is 24.0. The lowest BCUT2D eigenvalue weighted by atomic mass is 10.0. The smallest absolute Gasteiger partial charge is 0.207 e. The first-order valence-electron chi connectivity index (χ1n) is 13.6. The first kappa shape index (κ1) is 32.1. The maximum absolute atomic E-state index is 13.5. The summed E-state index contributed by atoms with van der Waals surface area (Å²) in [5, 5.41) is 12.6. The highest BCUT2D eigenvalue weighted by Gasteiger charge is 2.32. The largest absolute Gasteiger partial charge is 0.376 e. The van der Waals surface area contributed by atoms with Gasteiger partial charge in [0.15, 0.2) is 0 Å². The van der Waals surface area contributed by atoms with Crippen molar-refractivity contribution < 1.29 is 18.7 Å². The highest BCUT2D eigenvalue weighted by atomic mass is 19.1. The molecule has 39 heavy (non-hydrogen) atoms. The zero-order chi connectivity index (χ0) is 28.8. The molecule has 4 rings (SSSR count). The van der Waals surface area contributed by atoms with Gasteiger partial charge in [-0.25, -0.2) is 9.40 Å². The molecule has 0 aliphatic carbocycles. The molecule has 9 nitrogen and oxygen atoms in total. The van der Waals surface area contributed by atoms with Crippen molar-refractivity contribution in [3.63, 3.8) is 0 Å². The maximum atomic E-state index is 13.5. The Morgan fingerprint density at radius 2 is 1.97 bits per heavy atom. The van der Waals surface area contributed by atoms with Crippen molar-refractivity contribution in [2.75, 3.05) is 33.3 Å². The van der Waals surface area contributed by atoms with Crippen LogP contribution in [-0.2, 0) is 14.3 Å². The first-order valence-corrected chi connectivity index (χ1v) is 13.6. The van der Waals surface area contributed by atoms with Crippen molar-refractivity contribution in [2.45, 2.75) is 77.1 Å². The number of carbonyl (C=O) groups excluding carboxylic acids is 2. The predicted molar refractivity (Wildman–Crippen MR) is 154 cm³/mol. The number of nitrogens with one attached hydrogen (secondary N) is 2. The summed E-state index contributed by atoms with van der Waals surface area (Å²) in [7, 11) is 1.91. The summed E-state index contributed by atoms with van der Waals surface area (Å²) in [6.07, 6.45) is 8.76. The number of carbonyl (C=O) groups is 2. The van der Waals surface area contributed by atoms with E-state index in [1.807, 2.05) is 57.8 Å². The molecule has 10 heteroatoms. The molecule has 1 aromatic rings. The van der Waals surface area contributed by atoms with E-state index in [2.05, 4.69) is 27.4 Å². The normalized spacial score (nSPS) is 20.6. The lowest BCUT2D eigenvalue weighted by Crippen LogP contribution is -2.38. The fourth-order valence-corrected chi connectivity index (χ4v) is 4.66.